The summed E-state index contributed by atoms with van der Waals surface area (Å²) >= 11 is 2.05. The van der Waals surface area contributed by atoms with Gasteiger partial charge in [0.1, 0.15) is 0 Å². The zero-order chi connectivity index (χ0) is 10.9. The summed E-state index contributed by atoms with van der Waals surface area (Å²) in [5.74, 6) is 2.54. The normalized spacial score (nSPS) is 18.6. The van der Waals surface area contributed by atoms with Gasteiger partial charge in [-0.15, -0.1) is 0 Å². The van der Waals surface area contributed by atoms with Gasteiger partial charge in [0.15, 0.2) is 6.29 Å². The van der Waals surface area contributed by atoms with Gasteiger partial charge in [-0.1, -0.05) is 0 Å². The lowest BCUT2D eigenvalue weighted by Gasteiger charge is -2.27. The molecule has 1 rings (SSSR count). The summed E-state index contributed by atoms with van der Waals surface area (Å²) in [6.07, 6.45) is 0.987. The largest absolute Gasteiger partial charge is 0.353 e. The summed E-state index contributed by atoms with van der Waals surface area (Å²) in [5, 5.41) is 0. The molecule has 3 nitrogen and oxygen atoms in total. The topological polar surface area (TPSA) is 21.7 Å². The first-order valence-electron chi connectivity index (χ1n) is 5.90. The van der Waals surface area contributed by atoms with E-state index in [2.05, 4.69) is 4.90 Å². The van der Waals surface area contributed by atoms with Crippen molar-refractivity contribution in [2.24, 2.45) is 0 Å². The first kappa shape index (κ1) is 13.3. The monoisotopic (exact) mass is 233 g/mol. The predicted molar refractivity (Wildman–Crippen MR) is 65.4 cm³/mol. The van der Waals surface area contributed by atoms with Crippen LogP contribution in [0.3, 0.4) is 0 Å². The molecule has 0 radical (unpaired) electrons. The Morgan fingerprint density at radius 3 is 2.27 bits per heavy atom. The summed E-state index contributed by atoms with van der Waals surface area (Å²) in [5.41, 5.74) is 0. The Kier molecular flexibility index (Phi) is 7.44. The maximum Gasteiger partial charge on any atom is 0.158 e. The molecule has 0 atom stereocenters. The third-order valence-corrected chi connectivity index (χ3v) is 3.43. The van der Waals surface area contributed by atoms with E-state index in [1.54, 1.807) is 0 Å². The molecule has 0 spiro atoms. The minimum atomic E-state index is -0.00502. The molecule has 0 aromatic carbocycles. The Bertz CT molecular complexity index is 146. The second-order valence-corrected chi connectivity index (χ2v) is 4.81. The summed E-state index contributed by atoms with van der Waals surface area (Å²) in [7, 11) is 0. The molecule has 0 aliphatic carbocycles. The highest BCUT2D eigenvalue weighted by Gasteiger charge is 2.13. The van der Waals surface area contributed by atoms with Crippen LogP contribution in [0.2, 0.25) is 0 Å². The highest BCUT2D eigenvalue weighted by Crippen LogP contribution is 2.11. The first-order valence-corrected chi connectivity index (χ1v) is 7.05. The SMILES string of the molecule is CCOC(CCN1CCSCC1)OCC. The van der Waals surface area contributed by atoms with E-state index in [9.17, 15) is 0 Å². The summed E-state index contributed by atoms with van der Waals surface area (Å²) in [6, 6.07) is 0. The van der Waals surface area contributed by atoms with E-state index < -0.39 is 0 Å². The number of thioether (sulfide) groups is 1. The highest BCUT2D eigenvalue weighted by molar-refractivity contribution is 7.99. The van der Waals surface area contributed by atoms with Gasteiger partial charge >= 0.3 is 0 Å². The number of hydrogen-bond donors (Lipinski definition) is 0. The fourth-order valence-corrected chi connectivity index (χ4v) is 2.68. The standard InChI is InChI=1S/C11H23NO2S/c1-3-13-11(14-4-2)5-6-12-7-9-15-10-8-12/h11H,3-10H2,1-2H3. The van der Waals surface area contributed by atoms with Gasteiger partial charge in [-0.2, -0.15) is 11.8 Å². The fourth-order valence-electron chi connectivity index (χ4n) is 1.70. The lowest BCUT2D eigenvalue weighted by molar-refractivity contribution is -0.141. The quantitative estimate of drug-likeness (QED) is 0.625. The van der Waals surface area contributed by atoms with Crippen LogP contribution in [0.5, 0.6) is 0 Å². The molecule has 90 valence electrons. The lowest BCUT2D eigenvalue weighted by Crippen LogP contribution is -2.35. The minimum Gasteiger partial charge on any atom is -0.353 e. The lowest BCUT2D eigenvalue weighted by atomic mass is 10.3. The summed E-state index contributed by atoms with van der Waals surface area (Å²) in [4.78, 5) is 2.50. The Morgan fingerprint density at radius 2 is 1.73 bits per heavy atom. The zero-order valence-electron chi connectivity index (χ0n) is 9.91. The van der Waals surface area contributed by atoms with Crippen LogP contribution in [-0.2, 0) is 9.47 Å². The van der Waals surface area contributed by atoms with E-state index in [-0.39, 0.29) is 6.29 Å². The fraction of sp³-hybridized carbons (Fsp3) is 1.00. The van der Waals surface area contributed by atoms with Crippen LogP contribution >= 0.6 is 11.8 Å². The van der Waals surface area contributed by atoms with Crippen molar-refractivity contribution in [3.8, 4) is 0 Å². The predicted octanol–water partition coefficient (Wildman–Crippen LogP) is 1.82. The molecule has 1 heterocycles. The molecule has 0 N–H and O–H groups in total. The van der Waals surface area contributed by atoms with Crippen LogP contribution in [0.1, 0.15) is 20.3 Å². The summed E-state index contributed by atoms with van der Waals surface area (Å²) in [6.45, 7) is 9.05. The van der Waals surface area contributed by atoms with Crippen molar-refractivity contribution in [3.63, 3.8) is 0 Å². The van der Waals surface area contributed by atoms with Gasteiger partial charge in [-0.05, 0) is 13.8 Å². The van der Waals surface area contributed by atoms with E-state index in [0.29, 0.717) is 0 Å². The molecular formula is C11H23NO2S. The third kappa shape index (κ3) is 5.76. The molecule has 0 aromatic rings. The van der Waals surface area contributed by atoms with Crippen LogP contribution in [0, 0.1) is 0 Å². The maximum atomic E-state index is 5.52. The smallest absolute Gasteiger partial charge is 0.158 e. The van der Waals surface area contributed by atoms with E-state index in [4.69, 9.17) is 9.47 Å². The Hall–Kier alpha value is 0.230. The van der Waals surface area contributed by atoms with Crippen molar-refractivity contribution < 1.29 is 9.47 Å². The van der Waals surface area contributed by atoms with Crippen LogP contribution in [0.4, 0.5) is 0 Å². The van der Waals surface area contributed by atoms with Crippen molar-refractivity contribution in [1.29, 1.82) is 0 Å². The van der Waals surface area contributed by atoms with Gasteiger partial charge in [0, 0.05) is 50.8 Å². The van der Waals surface area contributed by atoms with Crippen molar-refractivity contribution in [3.05, 3.63) is 0 Å². The highest BCUT2D eigenvalue weighted by atomic mass is 32.2. The number of ether oxygens (including phenoxy) is 2. The Labute approximate surface area is 97.5 Å². The molecule has 1 aliphatic rings. The van der Waals surface area contributed by atoms with E-state index in [0.717, 1.165) is 26.2 Å². The zero-order valence-corrected chi connectivity index (χ0v) is 10.7. The van der Waals surface area contributed by atoms with Crippen LogP contribution < -0.4 is 0 Å². The van der Waals surface area contributed by atoms with Crippen molar-refractivity contribution in [2.75, 3.05) is 44.4 Å². The van der Waals surface area contributed by atoms with Gasteiger partial charge in [0.05, 0.1) is 0 Å². The Morgan fingerprint density at radius 1 is 1.13 bits per heavy atom. The van der Waals surface area contributed by atoms with Gasteiger partial charge in [-0.3, -0.25) is 0 Å². The van der Waals surface area contributed by atoms with Gasteiger partial charge in [0.2, 0.25) is 0 Å². The van der Waals surface area contributed by atoms with Crippen molar-refractivity contribution >= 4 is 11.8 Å². The number of rotatable bonds is 7. The second kappa shape index (κ2) is 8.39. The third-order valence-electron chi connectivity index (χ3n) is 2.49. The molecule has 0 aromatic heterocycles. The number of nitrogens with zero attached hydrogens (tertiary/aromatic N) is 1. The molecule has 1 saturated heterocycles. The average Bonchev–Trinajstić information content (AvgIpc) is 2.28. The number of hydrogen-bond acceptors (Lipinski definition) is 4. The molecule has 15 heavy (non-hydrogen) atoms. The minimum absolute atomic E-state index is 0.00502. The van der Waals surface area contributed by atoms with Gasteiger partial charge in [0.25, 0.3) is 0 Å². The van der Waals surface area contributed by atoms with Gasteiger partial charge < -0.3 is 14.4 Å². The molecular weight excluding hydrogens is 210 g/mol. The molecule has 4 heteroatoms. The molecule has 0 amide bonds. The van der Waals surface area contributed by atoms with Crippen LogP contribution in [0.25, 0.3) is 0 Å². The van der Waals surface area contributed by atoms with E-state index >= 15 is 0 Å². The van der Waals surface area contributed by atoms with Crippen LogP contribution in [0.15, 0.2) is 0 Å². The maximum absolute atomic E-state index is 5.52. The van der Waals surface area contributed by atoms with E-state index in [1.807, 2.05) is 25.6 Å². The first-order chi connectivity index (χ1) is 7.36. The average molecular weight is 233 g/mol. The van der Waals surface area contributed by atoms with Gasteiger partial charge in [-0.25, -0.2) is 0 Å². The molecule has 1 fully saturated rings. The van der Waals surface area contributed by atoms with Crippen LogP contribution in [-0.4, -0.2) is 55.5 Å². The van der Waals surface area contributed by atoms with E-state index in [1.165, 1.54) is 24.6 Å². The van der Waals surface area contributed by atoms with Crippen molar-refractivity contribution in [2.45, 2.75) is 26.6 Å². The second-order valence-electron chi connectivity index (χ2n) is 3.58. The summed E-state index contributed by atoms with van der Waals surface area (Å²) < 4.78 is 11.0. The Balaban J connectivity index is 2.13. The van der Waals surface area contributed by atoms with Crippen molar-refractivity contribution in [1.82, 2.24) is 4.90 Å². The molecule has 0 unspecified atom stereocenters. The molecule has 1 aliphatic heterocycles. The molecule has 0 saturated carbocycles. The molecule has 0 bridgehead atoms.